The van der Waals surface area contributed by atoms with E-state index in [4.69, 9.17) is 11.0 Å². The number of methoxy groups -OCH3 is 1. The molecule has 4 aromatic heterocycles. The van der Waals surface area contributed by atoms with Crippen molar-refractivity contribution in [1.29, 1.82) is 5.26 Å². The molecule has 1 amide bonds. The zero-order valence-electron chi connectivity index (χ0n) is 20.3. The Labute approximate surface area is 215 Å². The molecule has 4 aromatic rings. The van der Waals surface area contributed by atoms with Crippen molar-refractivity contribution in [3.8, 4) is 28.7 Å². The molecule has 1 aliphatic carbocycles. The van der Waals surface area contributed by atoms with E-state index >= 15 is 0 Å². The van der Waals surface area contributed by atoms with Crippen LogP contribution >= 0.6 is 0 Å². The second-order valence-corrected chi connectivity index (χ2v) is 8.65. The van der Waals surface area contributed by atoms with E-state index in [1.54, 1.807) is 28.8 Å². The van der Waals surface area contributed by atoms with E-state index in [9.17, 15) is 18.0 Å². The van der Waals surface area contributed by atoms with Gasteiger partial charge in [-0.1, -0.05) is 11.6 Å². The maximum atomic E-state index is 12.5. The van der Waals surface area contributed by atoms with Crippen molar-refractivity contribution in [2.75, 3.05) is 19.4 Å². The van der Waals surface area contributed by atoms with Crippen LogP contribution in [-0.4, -0.2) is 55.5 Å². The Morgan fingerprint density at radius 3 is 2.68 bits per heavy atom. The zero-order chi connectivity index (χ0) is 27.3. The minimum absolute atomic E-state index is 0.192. The number of hydrogen-bond donors (Lipinski definition) is 2. The van der Waals surface area contributed by atoms with Crippen molar-refractivity contribution in [3.05, 3.63) is 48.4 Å². The van der Waals surface area contributed by atoms with Gasteiger partial charge in [-0.05, 0) is 43.0 Å². The molecule has 14 heteroatoms. The number of nitrogens with one attached hydrogen (secondary N) is 1. The van der Waals surface area contributed by atoms with E-state index < -0.39 is 12.7 Å². The summed E-state index contributed by atoms with van der Waals surface area (Å²) in [4.78, 5) is 14.9. The lowest BCUT2D eigenvalue weighted by atomic mass is 9.85. The second kappa shape index (κ2) is 11.2. The van der Waals surface area contributed by atoms with Crippen molar-refractivity contribution in [3.63, 3.8) is 0 Å². The molecule has 11 nitrogen and oxygen atoms in total. The number of nitrogens with zero attached hydrogens (tertiary/aromatic N) is 7. The molecule has 1 saturated carbocycles. The molecule has 0 radical (unpaired) electrons. The Kier molecular flexibility index (Phi) is 7.75. The Morgan fingerprint density at radius 2 is 2.05 bits per heavy atom. The van der Waals surface area contributed by atoms with E-state index in [1.165, 1.54) is 38.8 Å². The van der Waals surface area contributed by atoms with Gasteiger partial charge in [-0.3, -0.25) is 4.98 Å². The van der Waals surface area contributed by atoms with Crippen molar-refractivity contribution in [1.82, 2.24) is 34.9 Å². The molecular formula is C24H24F3N9O2. The SMILES string of the molecule is COC(=O)NCC1CCC1.N#Cc1cnn2c(-c3cc(N)c(-c4cn(CC(F)(F)F)nn4)cn3)ccc2c1. The standard InChI is InChI=1S/C17H11F3N8.C7H13NO2/c18-17(19,20)9-27-8-15(25-26-27)12-7-23-14(4-13(12)22)16-2-1-11-3-10(5-21)6-24-28(11)16;1-10-7(9)8-5-6-3-2-4-6/h1-4,6-8H,9H2,(H2,22,23);6H,2-5H2,1H3,(H,8,9). The molecule has 0 aromatic carbocycles. The highest BCUT2D eigenvalue weighted by Gasteiger charge is 2.29. The van der Waals surface area contributed by atoms with Crippen molar-refractivity contribution < 1.29 is 22.7 Å². The van der Waals surface area contributed by atoms with Crippen molar-refractivity contribution in [2.45, 2.75) is 32.0 Å². The number of ether oxygens (including phenoxy) is 1. The minimum Gasteiger partial charge on any atom is -0.453 e. The number of carbonyl (C=O) groups excluding carboxylic acids is 1. The molecule has 1 aliphatic rings. The summed E-state index contributed by atoms with van der Waals surface area (Å²) in [6.07, 6.45) is 3.14. The van der Waals surface area contributed by atoms with Crippen LogP contribution in [-0.2, 0) is 11.3 Å². The van der Waals surface area contributed by atoms with Gasteiger partial charge < -0.3 is 15.8 Å². The lowest BCUT2D eigenvalue weighted by Gasteiger charge is -2.24. The van der Waals surface area contributed by atoms with Gasteiger partial charge in [0.1, 0.15) is 18.3 Å². The summed E-state index contributed by atoms with van der Waals surface area (Å²) >= 11 is 0. The topological polar surface area (TPSA) is 149 Å². The monoisotopic (exact) mass is 527 g/mol. The first-order chi connectivity index (χ1) is 18.2. The van der Waals surface area contributed by atoms with Crippen molar-refractivity contribution >= 4 is 17.3 Å². The van der Waals surface area contributed by atoms with Crippen molar-refractivity contribution in [2.24, 2.45) is 5.92 Å². The molecule has 4 heterocycles. The predicted molar refractivity (Wildman–Crippen MR) is 130 cm³/mol. The van der Waals surface area contributed by atoms with Crippen LogP contribution in [0.1, 0.15) is 24.8 Å². The number of amides is 1. The molecule has 38 heavy (non-hydrogen) atoms. The number of carbonyl (C=O) groups is 1. The quantitative estimate of drug-likeness (QED) is 0.398. The third-order valence-electron chi connectivity index (χ3n) is 5.93. The summed E-state index contributed by atoms with van der Waals surface area (Å²) in [5.74, 6) is 0.707. The summed E-state index contributed by atoms with van der Waals surface area (Å²) in [6, 6.07) is 8.86. The summed E-state index contributed by atoms with van der Waals surface area (Å²) < 4.78 is 44.1. The fraction of sp³-hybridized carbons (Fsp3) is 0.333. The van der Waals surface area contributed by atoms with E-state index in [-0.39, 0.29) is 17.5 Å². The Balaban J connectivity index is 0.000000283. The largest absolute Gasteiger partial charge is 0.453 e. The molecule has 3 N–H and O–H groups in total. The van der Waals surface area contributed by atoms with Gasteiger partial charge in [0.2, 0.25) is 0 Å². The van der Waals surface area contributed by atoms with Crippen LogP contribution in [0.5, 0.6) is 0 Å². The molecule has 0 atom stereocenters. The minimum atomic E-state index is -4.40. The number of anilines is 1. The average Bonchev–Trinajstić information content (AvgIpc) is 3.48. The molecule has 0 aliphatic heterocycles. The Hall–Kier alpha value is -4.67. The smallest absolute Gasteiger partial charge is 0.408 e. The first-order valence-corrected chi connectivity index (χ1v) is 11.6. The number of halogens is 3. The van der Waals surface area contributed by atoms with E-state index in [2.05, 4.69) is 30.4 Å². The number of nitriles is 1. The van der Waals surface area contributed by atoms with Crippen LogP contribution in [0.15, 0.2) is 42.9 Å². The van der Waals surface area contributed by atoms with Crippen LogP contribution in [0.2, 0.25) is 0 Å². The zero-order valence-corrected chi connectivity index (χ0v) is 20.3. The summed E-state index contributed by atoms with van der Waals surface area (Å²) in [6.45, 7) is -0.454. The number of fused-ring (bicyclic) bond motifs is 1. The lowest BCUT2D eigenvalue weighted by Crippen LogP contribution is -2.31. The third kappa shape index (κ3) is 6.36. The highest BCUT2D eigenvalue weighted by Crippen LogP contribution is 2.29. The van der Waals surface area contributed by atoms with Gasteiger partial charge in [0.25, 0.3) is 0 Å². The number of hydrogen-bond acceptors (Lipinski definition) is 8. The maximum absolute atomic E-state index is 12.5. The van der Waals surface area contributed by atoms with E-state index in [0.29, 0.717) is 38.6 Å². The van der Waals surface area contributed by atoms with Crippen LogP contribution < -0.4 is 11.1 Å². The third-order valence-corrected chi connectivity index (χ3v) is 5.93. The fourth-order valence-corrected chi connectivity index (χ4v) is 3.76. The molecule has 0 unspecified atom stereocenters. The molecule has 0 spiro atoms. The van der Waals surface area contributed by atoms with Crippen LogP contribution in [0.4, 0.5) is 23.7 Å². The van der Waals surface area contributed by atoms with Gasteiger partial charge in [-0.2, -0.15) is 23.5 Å². The van der Waals surface area contributed by atoms with Gasteiger partial charge in [-0.25, -0.2) is 14.0 Å². The molecule has 0 bridgehead atoms. The molecule has 1 fully saturated rings. The van der Waals surface area contributed by atoms with Crippen LogP contribution in [0.3, 0.4) is 0 Å². The number of alkyl carbamates (subject to hydrolysis) is 1. The van der Waals surface area contributed by atoms with E-state index in [1.807, 2.05) is 6.07 Å². The Morgan fingerprint density at radius 1 is 1.26 bits per heavy atom. The average molecular weight is 528 g/mol. The van der Waals surface area contributed by atoms with Gasteiger partial charge >= 0.3 is 12.3 Å². The molecular weight excluding hydrogens is 503 g/mol. The van der Waals surface area contributed by atoms with Crippen LogP contribution in [0, 0.1) is 17.2 Å². The number of nitrogen functional groups attached to an aromatic ring is 1. The van der Waals surface area contributed by atoms with Crippen LogP contribution in [0.25, 0.3) is 28.2 Å². The second-order valence-electron chi connectivity index (χ2n) is 8.65. The highest BCUT2D eigenvalue weighted by molar-refractivity contribution is 5.77. The molecule has 0 saturated heterocycles. The summed E-state index contributed by atoms with van der Waals surface area (Å²) in [7, 11) is 1.39. The number of alkyl halides is 3. The van der Waals surface area contributed by atoms with Gasteiger partial charge in [0.05, 0.1) is 42.0 Å². The van der Waals surface area contributed by atoms with E-state index in [0.717, 1.165) is 12.7 Å². The summed E-state index contributed by atoms with van der Waals surface area (Å²) in [5.41, 5.74) is 9.24. The normalized spacial score (nSPS) is 13.2. The number of pyridine rings is 1. The lowest BCUT2D eigenvalue weighted by molar-refractivity contribution is -0.142. The Bertz CT molecular complexity index is 1470. The predicted octanol–water partition coefficient (Wildman–Crippen LogP) is 3.81. The molecule has 198 valence electrons. The van der Waals surface area contributed by atoms with Gasteiger partial charge in [-0.15, -0.1) is 5.10 Å². The fourth-order valence-electron chi connectivity index (χ4n) is 3.76. The van der Waals surface area contributed by atoms with Gasteiger partial charge in [0, 0.05) is 24.0 Å². The number of rotatable bonds is 5. The molecule has 5 rings (SSSR count). The maximum Gasteiger partial charge on any atom is 0.408 e. The van der Waals surface area contributed by atoms with Gasteiger partial charge in [0.15, 0.2) is 0 Å². The number of nitrogens with two attached hydrogens (primary N) is 1. The first kappa shape index (κ1) is 26.4. The summed E-state index contributed by atoms with van der Waals surface area (Å²) in [5, 5.41) is 23.1. The number of aromatic nitrogens is 6. The highest BCUT2D eigenvalue weighted by atomic mass is 19.4. The first-order valence-electron chi connectivity index (χ1n) is 11.6.